The highest BCUT2D eigenvalue weighted by molar-refractivity contribution is 5.93. The van der Waals surface area contributed by atoms with Crippen LogP contribution in [0.4, 0.5) is 5.69 Å². The van der Waals surface area contributed by atoms with Gasteiger partial charge in [-0.25, -0.2) is 4.79 Å². The number of esters is 1. The van der Waals surface area contributed by atoms with Crippen LogP contribution in [0.3, 0.4) is 0 Å². The van der Waals surface area contributed by atoms with Gasteiger partial charge < -0.3 is 10.1 Å². The van der Waals surface area contributed by atoms with E-state index in [0.29, 0.717) is 5.56 Å². The Labute approximate surface area is 90.4 Å². The van der Waals surface area contributed by atoms with Gasteiger partial charge in [-0.1, -0.05) is 0 Å². The fourth-order valence-electron chi connectivity index (χ4n) is 1.74. The van der Waals surface area contributed by atoms with E-state index in [0.717, 1.165) is 16.8 Å². The van der Waals surface area contributed by atoms with Crippen molar-refractivity contribution in [3.8, 4) is 0 Å². The van der Waals surface area contributed by atoms with Crippen molar-refractivity contribution in [2.24, 2.45) is 0 Å². The summed E-state index contributed by atoms with van der Waals surface area (Å²) in [5.41, 5.74) is 4.83. The van der Waals surface area contributed by atoms with Crippen molar-refractivity contribution in [2.45, 2.75) is 20.8 Å². The standard InChI is InChI=1S/C12H17NO2/c1-7-6-10(12(14)15-5)9(3)11(13-4)8(7)2/h6,13H,1-5H3. The number of nitrogens with one attached hydrogen (secondary N) is 1. The molecule has 0 bridgehead atoms. The third-order valence-electron chi connectivity index (χ3n) is 2.76. The Kier molecular flexibility index (Phi) is 3.35. The van der Waals surface area contributed by atoms with E-state index in [1.807, 2.05) is 33.9 Å². The zero-order chi connectivity index (χ0) is 11.6. The van der Waals surface area contributed by atoms with Gasteiger partial charge in [0.05, 0.1) is 12.7 Å². The van der Waals surface area contributed by atoms with E-state index in [4.69, 9.17) is 4.74 Å². The first-order valence-corrected chi connectivity index (χ1v) is 4.89. The van der Waals surface area contributed by atoms with Crippen molar-refractivity contribution in [1.82, 2.24) is 0 Å². The molecule has 0 aliphatic carbocycles. The Morgan fingerprint density at radius 1 is 1.27 bits per heavy atom. The molecular weight excluding hydrogens is 190 g/mol. The number of hydrogen-bond donors (Lipinski definition) is 1. The first-order chi connectivity index (χ1) is 7.02. The van der Waals surface area contributed by atoms with Crippen LogP contribution in [0, 0.1) is 20.8 Å². The van der Waals surface area contributed by atoms with Crippen LogP contribution < -0.4 is 5.32 Å². The molecule has 0 heterocycles. The highest BCUT2D eigenvalue weighted by Gasteiger charge is 2.15. The van der Waals surface area contributed by atoms with Gasteiger partial charge in [0.25, 0.3) is 0 Å². The van der Waals surface area contributed by atoms with Crippen LogP contribution in [0.25, 0.3) is 0 Å². The molecule has 0 fully saturated rings. The Hall–Kier alpha value is -1.51. The molecule has 1 aromatic rings. The van der Waals surface area contributed by atoms with E-state index in [-0.39, 0.29) is 5.97 Å². The second-order valence-electron chi connectivity index (χ2n) is 3.61. The molecule has 0 atom stereocenters. The molecule has 1 rings (SSSR count). The maximum absolute atomic E-state index is 11.5. The number of carbonyl (C=O) groups is 1. The average molecular weight is 207 g/mol. The molecule has 82 valence electrons. The number of carbonyl (C=O) groups excluding carboxylic acids is 1. The minimum absolute atomic E-state index is 0.285. The molecule has 0 unspecified atom stereocenters. The van der Waals surface area contributed by atoms with E-state index in [1.54, 1.807) is 0 Å². The smallest absolute Gasteiger partial charge is 0.338 e. The molecule has 1 aromatic carbocycles. The minimum Gasteiger partial charge on any atom is -0.465 e. The Balaban J connectivity index is 3.43. The maximum Gasteiger partial charge on any atom is 0.338 e. The van der Waals surface area contributed by atoms with Crippen LogP contribution in [-0.2, 0) is 4.74 Å². The molecule has 0 saturated carbocycles. The fourth-order valence-corrected chi connectivity index (χ4v) is 1.74. The van der Waals surface area contributed by atoms with Gasteiger partial charge in [0.15, 0.2) is 0 Å². The summed E-state index contributed by atoms with van der Waals surface area (Å²) in [6.45, 7) is 5.95. The van der Waals surface area contributed by atoms with Crippen molar-refractivity contribution in [3.05, 3.63) is 28.3 Å². The average Bonchev–Trinajstić information content (AvgIpc) is 2.23. The van der Waals surface area contributed by atoms with Crippen molar-refractivity contribution < 1.29 is 9.53 Å². The first kappa shape index (κ1) is 11.6. The first-order valence-electron chi connectivity index (χ1n) is 4.89. The topological polar surface area (TPSA) is 38.3 Å². The van der Waals surface area contributed by atoms with Crippen molar-refractivity contribution in [1.29, 1.82) is 0 Å². The quantitative estimate of drug-likeness (QED) is 0.757. The lowest BCUT2D eigenvalue weighted by atomic mass is 9.98. The number of anilines is 1. The second-order valence-corrected chi connectivity index (χ2v) is 3.61. The molecule has 0 amide bonds. The van der Waals surface area contributed by atoms with E-state index >= 15 is 0 Å². The zero-order valence-electron chi connectivity index (χ0n) is 9.89. The summed E-state index contributed by atoms with van der Waals surface area (Å²) < 4.78 is 4.74. The van der Waals surface area contributed by atoms with Gasteiger partial charge in [-0.15, -0.1) is 0 Å². The summed E-state index contributed by atoms with van der Waals surface area (Å²) in [6, 6.07) is 1.87. The Morgan fingerprint density at radius 2 is 1.87 bits per heavy atom. The number of rotatable bonds is 2. The third kappa shape index (κ3) is 1.96. The van der Waals surface area contributed by atoms with Gasteiger partial charge in [0.1, 0.15) is 0 Å². The summed E-state index contributed by atoms with van der Waals surface area (Å²) in [7, 11) is 3.26. The molecule has 3 heteroatoms. The number of ether oxygens (including phenoxy) is 1. The number of benzene rings is 1. The molecule has 3 nitrogen and oxygen atoms in total. The van der Waals surface area contributed by atoms with Crippen LogP contribution in [0.1, 0.15) is 27.0 Å². The molecule has 0 aliphatic heterocycles. The molecule has 0 saturated heterocycles. The number of aryl methyl sites for hydroxylation is 1. The lowest BCUT2D eigenvalue weighted by molar-refractivity contribution is 0.0600. The third-order valence-corrected chi connectivity index (χ3v) is 2.76. The maximum atomic E-state index is 11.5. The summed E-state index contributed by atoms with van der Waals surface area (Å²) in [5, 5.41) is 3.12. The highest BCUT2D eigenvalue weighted by atomic mass is 16.5. The second kappa shape index (κ2) is 4.34. The SMILES string of the molecule is CNc1c(C)c(C)cc(C(=O)OC)c1C. The molecule has 0 aliphatic rings. The summed E-state index contributed by atoms with van der Waals surface area (Å²) in [4.78, 5) is 11.5. The molecule has 0 spiro atoms. The van der Waals surface area contributed by atoms with Crippen LogP contribution >= 0.6 is 0 Å². The summed E-state index contributed by atoms with van der Waals surface area (Å²) >= 11 is 0. The van der Waals surface area contributed by atoms with Crippen LogP contribution in [0.5, 0.6) is 0 Å². The minimum atomic E-state index is -0.285. The molecule has 15 heavy (non-hydrogen) atoms. The van der Waals surface area contributed by atoms with Gasteiger partial charge in [0.2, 0.25) is 0 Å². The summed E-state index contributed by atoms with van der Waals surface area (Å²) in [5.74, 6) is -0.285. The predicted octanol–water partition coefficient (Wildman–Crippen LogP) is 2.44. The van der Waals surface area contributed by atoms with E-state index < -0.39 is 0 Å². The highest BCUT2D eigenvalue weighted by Crippen LogP contribution is 2.26. The van der Waals surface area contributed by atoms with Gasteiger partial charge in [-0.2, -0.15) is 0 Å². The molecule has 1 N–H and O–H groups in total. The van der Waals surface area contributed by atoms with E-state index in [9.17, 15) is 4.79 Å². The van der Waals surface area contributed by atoms with E-state index in [2.05, 4.69) is 5.32 Å². The predicted molar refractivity (Wildman–Crippen MR) is 61.5 cm³/mol. The van der Waals surface area contributed by atoms with Crippen LogP contribution in [-0.4, -0.2) is 20.1 Å². The van der Waals surface area contributed by atoms with Gasteiger partial charge in [-0.05, 0) is 43.5 Å². The van der Waals surface area contributed by atoms with Crippen molar-refractivity contribution in [3.63, 3.8) is 0 Å². The molecular formula is C12H17NO2. The van der Waals surface area contributed by atoms with Crippen LogP contribution in [0.15, 0.2) is 6.07 Å². The lowest BCUT2D eigenvalue weighted by Gasteiger charge is -2.15. The van der Waals surface area contributed by atoms with Gasteiger partial charge in [0, 0.05) is 12.7 Å². The molecule has 0 radical (unpaired) electrons. The largest absolute Gasteiger partial charge is 0.465 e. The monoisotopic (exact) mass is 207 g/mol. The van der Waals surface area contributed by atoms with Crippen molar-refractivity contribution >= 4 is 11.7 Å². The van der Waals surface area contributed by atoms with E-state index in [1.165, 1.54) is 12.7 Å². The molecule has 0 aromatic heterocycles. The van der Waals surface area contributed by atoms with Gasteiger partial charge >= 0.3 is 5.97 Å². The number of methoxy groups -OCH3 is 1. The Bertz CT molecular complexity index is 397. The fraction of sp³-hybridized carbons (Fsp3) is 0.417. The summed E-state index contributed by atoms with van der Waals surface area (Å²) in [6.07, 6.45) is 0. The van der Waals surface area contributed by atoms with Crippen LogP contribution in [0.2, 0.25) is 0 Å². The lowest BCUT2D eigenvalue weighted by Crippen LogP contribution is -2.08. The number of hydrogen-bond acceptors (Lipinski definition) is 3. The normalized spacial score (nSPS) is 9.93. The zero-order valence-corrected chi connectivity index (χ0v) is 9.89. The Morgan fingerprint density at radius 3 is 2.33 bits per heavy atom. The van der Waals surface area contributed by atoms with Crippen molar-refractivity contribution in [2.75, 3.05) is 19.5 Å². The van der Waals surface area contributed by atoms with Gasteiger partial charge in [-0.3, -0.25) is 0 Å².